The van der Waals surface area contributed by atoms with Crippen LogP contribution in [0.25, 0.3) is 0 Å². The first kappa shape index (κ1) is 12.1. The normalized spacial score (nSPS) is 19.8. The van der Waals surface area contributed by atoms with Gasteiger partial charge in [0.2, 0.25) is 0 Å². The van der Waals surface area contributed by atoms with E-state index in [2.05, 4.69) is 0 Å². The molecule has 1 aromatic rings. The van der Waals surface area contributed by atoms with Gasteiger partial charge >= 0.3 is 0 Å². The number of hydrogen-bond acceptors (Lipinski definition) is 3. The number of nitrogen functional groups attached to an aromatic ring is 1. The predicted octanol–water partition coefficient (Wildman–Crippen LogP) is 2.76. The summed E-state index contributed by atoms with van der Waals surface area (Å²) in [6, 6.07) is 4.28. The Kier molecular flexibility index (Phi) is 3.78. The average molecular weight is 243 g/mol. The number of benzene rings is 1. The Hall–Kier alpha value is -1.36. The molecule has 1 aliphatic heterocycles. The average Bonchev–Trinajstić information content (AvgIpc) is 2.80. The predicted molar refractivity (Wildman–Crippen MR) is 60.3 cm³/mol. The summed E-state index contributed by atoms with van der Waals surface area (Å²) >= 11 is 0. The second-order valence-electron chi connectivity index (χ2n) is 4.04. The lowest BCUT2D eigenvalue weighted by Gasteiger charge is -2.14. The van der Waals surface area contributed by atoms with Gasteiger partial charge in [-0.25, -0.2) is 8.78 Å². The minimum Gasteiger partial charge on any atom is -0.490 e. The van der Waals surface area contributed by atoms with Gasteiger partial charge in [-0.05, 0) is 31.0 Å². The Labute approximate surface area is 98.5 Å². The molecule has 0 radical (unpaired) electrons. The molecule has 1 fully saturated rings. The van der Waals surface area contributed by atoms with Crippen LogP contribution in [0, 0.1) is 0 Å². The zero-order chi connectivity index (χ0) is 12.3. The lowest BCUT2D eigenvalue weighted by Crippen LogP contribution is -2.17. The van der Waals surface area contributed by atoms with Crippen molar-refractivity contribution in [2.45, 2.75) is 25.4 Å². The van der Waals surface area contributed by atoms with Gasteiger partial charge in [-0.2, -0.15) is 0 Å². The van der Waals surface area contributed by atoms with Crippen molar-refractivity contribution in [1.82, 2.24) is 0 Å². The third-order valence-electron chi connectivity index (χ3n) is 2.72. The van der Waals surface area contributed by atoms with Gasteiger partial charge < -0.3 is 15.2 Å². The molecule has 1 atom stereocenters. The number of anilines is 1. The number of nitrogens with two attached hydrogens (primary N) is 1. The van der Waals surface area contributed by atoms with Crippen LogP contribution in [0.5, 0.6) is 5.75 Å². The molecule has 1 unspecified atom stereocenters. The summed E-state index contributed by atoms with van der Waals surface area (Å²) in [5.41, 5.74) is 5.62. The highest BCUT2D eigenvalue weighted by Crippen LogP contribution is 2.31. The largest absolute Gasteiger partial charge is 0.490 e. The zero-order valence-electron chi connectivity index (χ0n) is 9.36. The fourth-order valence-electron chi connectivity index (χ4n) is 1.83. The van der Waals surface area contributed by atoms with E-state index in [1.807, 2.05) is 0 Å². The molecule has 2 rings (SSSR count). The fourth-order valence-corrected chi connectivity index (χ4v) is 1.83. The molecule has 0 bridgehead atoms. The summed E-state index contributed by atoms with van der Waals surface area (Å²) in [4.78, 5) is 0. The SMILES string of the molecule is Nc1ccc(OCC2CCCO2)c(C(F)F)c1. The number of hydrogen-bond donors (Lipinski definition) is 1. The van der Waals surface area contributed by atoms with Gasteiger partial charge in [-0.15, -0.1) is 0 Å². The van der Waals surface area contributed by atoms with Crippen molar-refractivity contribution in [3.05, 3.63) is 23.8 Å². The second-order valence-corrected chi connectivity index (χ2v) is 4.04. The van der Waals surface area contributed by atoms with Crippen LogP contribution in [0.4, 0.5) is 14.5 Å². The highest BCUT2D eigenvalue weighted by atomic mass is 19.3. The van der Waals surface area contributed by atoms with Crippen LogP contribution in [0.3, 0.4) is 0 Å². The van der Waals surface area contributed by atoms with Crippen LogP contribution in [0.1, 0.15) is 24.8 Å². The molecule has 1 aliphatic rings. The Balaban J connectivity index is 2.03. The summed E-state index contributed by atoms with van der Waals surface area (Å²) in [5, 5.41) is 0. The van der Waals surface area contributed by atoms with E-state index in [0.29, 0.717) is 12.3 Å². The number of alkyl halides is 2. The summed E-state index contributed by atoms with van der Waals surface area (Å²) in [7, 11) is 0. The van der Waals surface area contributed by atoms with E-state index in [-0.39, 0.29) is 17.4 Å². The van der Waals surface area contributed by atoms with Crippen molar-refractivity contribution < 1.29 is 18.3 Å². The molecule has 0 saturated carbocycles. The van der Waals surface area contributed by atoms with Gasteiger partial charge in [-0.1, -0.05) is 0 Å². The molecular formula is C12H15F2NO2. The topological polar surface area (TPSA) is 44.5 Å². The van der Waals surface area contributed by atoms with E-state index in [0.717, 1.165) is 19.4 Å². The van der Waals surface area contributed by atoms with Crippen molar-refractivity contribution in [3.63, 3.8) is 0 Å². The molecular weight excluding hydrogens is 228 g/mol. The lowest BCUT2D eigenvalue weighted by atomic mass is 10.2. The monoisotopic (exact) mass is 243 g/mol. The van der Waals surface area contributed by atoms with Gasteiger partial charge in [-0.3, -0.25) is 0 Å². The Morgan fingerprint density at radius 2 is 2.29 bits per heavy atom. The van der Waals surface area contributed by atoms with Crippen molar-refractivity contribution in [3.8, 4) is 5.75 Å². The standard InChI is InChI=1S/C12H15F2NO2/c13-12(14)10-6-8(15)3-4-11(10)17-7-9-2-1-5-16-9/h3-4,6,9,12H,1-2,5,7,15H2. The van der Waals surface area contributed by atoms with E-state index in [4.69, 9.17) is 15.2 Å². The molecule has 2 N–H and O–H groups in total. The van der Waals surface area contributed by atoms with E-state index >= 15 is 0 Å². The molecule has 0 aliphatic carbocycles. The van der Waals surface area contributed by atoms with Crippen molar-refractivity contribution in [1.29, 1.82) is 0 Å². The van der Waals surface area contributed by atoms with Crippen LogP contribution in [0.2, 0.25) is 0 Å². The maximum Gasteiger partial charge on any atom is 0.267 e. The highest BCUT2D eigenvalue weighted by molar-refractivity contribution is 5.48. The molecule has 0 amide bonds. The maximum atomic E-state index is 12.7. The smallest absolute Gasteiger partial charge is 0.267 e. The molecule has 0 aromatic heterocycles. The summed E-state index contributed by atoms with van der Waals surface area (Å²) in [5.74, 6) is 0.185. The number of halogens is 2. The molecule has 94 valence electrons. The first-order valence-electron chi connectivity index (χ1n) is 5.59. The fraction of sp³-hybridized carbons (Fsp3) is 0.500. The molecule has 1 aromatic carbocycles. The van der Waals surface area contributed by atoms with Crippen LogP contribution in [-0.4, -0.2) is 19.3 Å². The summed E-state index contributed by atoms with van der Waals surface area (Å²) < 4.78 is 36.2. The first-order valence-corrected chi connectivity index (χ1v) is 5.59. The van der Waals surface area contributed by atoms with E-state index in [1.54, 1.807) is 6.07 Å². The van der Waals surface area contributed by atoms with Crippen molar-refractivity contribution >= 4 is 5.69 Å². The minimum absolute atomic E-state index is 0.0121. The van der Waals surface area contributed by atoms with Crippen molar-refractivity contribution in [2.24, 2.45) is 0 Å². The molecule has 5 heteroatoms. The van der Waals surface area contributed by atoms with Crippen LogP contribution in [-0.2, 0) is 4.74 Å². The summed E-state index contributed by atoms with van der Waals surface area (Å²) in [6.07, 6.45) is -0.660. The minimum atomic E-state index is -2.59. The van der Waals surface area contributed by atoms with Crippen LogP contribution < -0.4 is 10.5 Å². The Morgan fingerprint density at radius 1 is 1.47 bits per heavy atom. The maximum absolute atomic E-state index is 12.7. The molecule has 1 saturated heterocycles. The molecule has 17 heavy (non-hydrogen) atoms. The number of ether oxygens (including phenoxy) is 2. The first-order chi connectivity index (χ1) is 8.16. The van der Waals surface area contributed by atoms with Crippen LogP contribution in [0.15, 0.2) is 18.2 Å². The molecule has 3 nitrogen and oxygen atoms in total. The number of rotatable bonds is 4. The van der Waals surface area contributed by atoms with E-state index in [9.17, 15) is 8.78 Å². The Morgan fingerprint density at radius 3 is 2.94 bits per heavy atom. The van der Waals surface area contributed by atoms with E-state index < -0.39 is 6.43 Å². The highest BCUT2D eigenvalue weighted by Gasteiger charge is 2.19. The van der Waals surface area contributed by atoms with Gasteiger partial charge in [0.05, 0.1) is 11.7 Å². The third-order valence-corrected chi connectivity index (χ3v) is 2.72. The Bertz CT molecular complexity index is 379. The van der Waals surface area contributed by atoms with Gasteiger partial charge in [0.1, 0.15) is 12.4 Å². The summed E-state index contributed by atoms with van der Waals surface area (Å²) in [6.45, 7) is 1.03. The third kappa shape index (κ3) is 3.06. The molecule has 0 spiro atoms. The quantitative estimate of drug-likeness (QED) is 0.827. The van der Waals surface area contributed by atoms with Crippen molar-refractivity contribution in [2.75, 3.05) is 18.9 Å². The lowest BCUT2D eigenvalue weighted by molar-refractivity contribution is 0.0652. The van der Waals surface area contributed by atoms with Crippen LogP contribution >= 0.6 is 0 Å². The zero-order valence-corrected chi connectivity index (χ0v) is 9.36. The van der Waals surface area contributed by atoms with Gasteiger partial charge in [0.25, 0.3) is 6.43 Å². The molecule has 1 heterocycles. The van der Waals surface area contributed by atoms with Gasteiger partial charge in [0.15, 0.2) is 0 Å². The van der Waals surface area contributed by atoms with Gasteiger partial charge in [0, 0.05) is 12.3 Å². The van der Waals surface area contributed by atoms with E-state index in [1.165, 1.54) is 12.1 Å². The second kappa shape index (κ2) is 5.31.